The molecule has 1 aromatic carbocycles. The van der Waals surface area contributed by atoms with Gasteiger partial charge in [0.2, 0.25) is 0 Å². The monoisotopic (exact) mass is 222 g/mol. The minimum Gasteiger partial charge on any atom is -0.506 e. The molecule has 5 heteroatoms. The lowest BCUT2D eigenvalue weighted by Crippen LogP contribution is -2.39. The van der Waals surface area contributed by atoms with Crippen LogP contribution in [-0.4, -0.2) is 23.0 Å². The number of para-hydroxylation sites is 2. The van der Waals surface area contributed by atoms with E-state index in [9.17, 15) is 14.7 Å². The van der Waals surface area contributed by atoms with Crippen LogP contribution in [0.2, 0.25) is 0 Å². The number of rotatable bonds is 2. The van der Waals surface area contributed by atoms with Crippen LogP contribution in [-0.2, 0) is 9.59 Å². The maximum Gasteiger partial charge on any atom is 0.313 e. The van der Waals surface area contributed by atoms with Gasteiger partial charge in [-0.05, 0) is 26.0 Å². The molecule has 0 atom stereocenters. The van der Waals surface area contributed by atoms with E-state index in [2.05, 4.69) is 10.6 Å². The summed E-state index contributed by atoms with van der Waals surface area (Å²) in [4.78, 5) is 22.6. The maximum atomic E-state index is 11.4. The average Bonchev–Trinajstić information content (AvgIpc) is 2.20. The summed E-state index contributed by atoms with van der Waals surface area (Å²) in [5.74, 6) is -1.60. The van der Waals surface area contributed by atoms with Crippen molar-refractivity contribution >= 4 is 17.5 Å². The van der Waals surface area contributed by atoms with Crippen LogP contribution in [0.3, 0.4) is 0 Å². The van der Waals surface area contributed by atoms with Gasteiger partial charge in [0.25, 0.3) is 0 Å². The molecule has 0 heterocycles. The van der Waals surface area contributed by atoms with Gasteiger partial charge < -0.3 is 15.7 Å². The summed E-state index contributed by atoms with van der Waals surface area (Å²) in [6, 6.07) is 6.10. The van der Waals surface area contributed by atoms with E-state index in [1.165, 1.54) is 12.1 Å². The van der Waals surface area contributed by atoms with Crippen molar-refractivity contribution in [3.05, 3.63) is 24.3 Å². The number of benzene rings is 1. The van der Waals surface area contributed by atoms with Crippen molar-refractivity contribution in [3.8, 4) is 5.75 Å². The van der Waals surface area contributed by atoms with Crippen LogP contribution in [0.5, 0.6) is 5.75 Å². The lowest BCUT2D eigenvalue weighted by Gasteiger charge is -2.09. The molecule has 0 saturated heterocycles. The molecule has 0 aliphatic carbocycles. The number of phenolic OH excluding ortho intramolecular Hbond substituents is 1. The van der Waals surface area contributed by atoms with E-state index >= 15 is 0 Å². The van der Waals surface area contributed by atoms with Crippen molar-refractivity contribution in [2.24, 2.45) is 0 Å². The van der Waals surface area contributed by atoms with Crippen LogP contribution in [0.4, 0.5) is 5.69 Å². The van der Waals surface area contributed by atoms with E-state index in [-0.39, 0.29) is 17.5 Å². The molecular weight excluding hydrogens is 208 g/mol. The Labute approximate surface area is 93.5 Å². The van der Waals surface area contributed by atoms with Crippen molar-refractivity contribution < 1.29 is 14.7 Å². The number of carbonyl (C=O) groups is 2. The fraction of sp³-hybridized carbons (Fsp3) is 0.273. The molecule has 0 saturated carbocycles. The second-order valence-corrected chi connectivity index (χ2v) is 3.60. The van der Waals surface area contributed by atoms with Gasteiger partial charge in [-0.3, -0.25) is 9.59 Å². The first-order valence-corrected chi connectivity index (χ1v) is 4.90. The molecule has 2 amide bonds. The molecule has 5 nitrogen and oxygen atoms in total. The number of hydrogen-bond acceptors (Lipinski definition) is 3. The molecule has 0 spiro atoms. The Hall–Kier alpha value is -2.04. The highest BCUT2D eigenvalue weighted by atomic mass is 16.3. The van der Waals surface area contributed by atoms with Crippen molar-refractivity contribution in [1.82, 2.24) is 5.32 Å². The highest BCUT2D eigenvalue weighted by molar-refractivity contribution is 6.39. The first-order chi connectivity index (χ1) is 7.50. The van der Waals surface area contributed by atoms with Crippen LogP contribution < -0.4 is 10.6 Å². The summed E-state index contributed by atoms with van der Waals surface area (Å²) in [6.45, 7) is 3.51. The molecule has 0 aliphatic heterocycles. The molecule has 0 radical (unpaired) electrons. The van der Waals surface area contributed by atoms with Gasteiger partial charge in [-0.1, -0.05) is 12.1 Å². The number of aromatic hydroxyl groups is 1. The van der Waals surface area contributed by atoms with E-state index in [1.807, 2.05) is 0 Å². The quantitative estimate of drug-likeness (QED) is 0.513. The first-order valence-electron chi connectivity index (χ1n) is 4.90. The Balaban J connectivity index is 2.65. The molecule has 16 heavy (non-hydrogen) atoms. The molecule has 3 N–H and O–H groups in total. The Morgan fingerprint density at radius 1 is 1.19 bits per heavy atom. The molecule has 1 aromatic rings. The highest BCUT2D eigenvalue weighted by Gasteiger charge is 2.15. The van der Waals surface area contributed by atoms with E-state index in [0.29, 0.717) is 0 Å². The second kappa shape index (κ2) is 5.16. The average molecular weight is 222 g/mol. The lowest BCUT2D eigenvalue weighted by molar-refractivity contribution is -0.136. The molecule has 0 aromatic heterocycles. The standard InChI is InChI=1S/C11H14N2O3/c1-7(2)12-10(15)11(16)13-8-5-3-4-6-9(8)14/h3-7,14H,1-2H3,(H,12,15)(H,13,16). The minimum absolute atomic E-state index is 0.0757. The molecule has 0 bridgehead atoms. The van der Waals surface area contributed by atoms with Crippen LogP contribution in [0.1, 0.15) is 13.8 Å². The first kappa shape index (κ1) is 12.0. The summed E-state index contributed by atoms with van der Waals surface area (Å²) in [7, 11) is 0. The van der Waals surface area contributed by atoms with Gasteiger partial charge in [0.05, 0.1) is 5.69 Å². The van der Waals surface area contributed by atoms with E-state index < -0.39 is 11.8 Å². The van der Waals surface area contributed by atoms with E-state index in [1.54, 1.807) is 26.0 Å². The Morgan fingerprint density at radius 2 is 1.81 bits per heavy atom. The number of amides is 2. The number of hydrogen-bond donors (Lipinski definition) is 3. The van der Waals surface area contributed by atoms with Gasteiger partial charge in [-0.2, -0.15) is 0 Å². The van der Waals surface area contributed by atoms with Crippen molar-refractivity contribution in [2.45, 2.75) is 19.9 Å². The second-order valence-electron chi connectivity index (χ2n) is 3.60. The van der Waals surface area contributed by atoms with Crippen LogP contribution in [0.25, 0.3) is 0 Å². The molecule has 0 fully saturated rings. The normalized spacial score (nSPS) is 9.94. The highest BCUT2D eigenvalue weighted by Crippen LogP contribution is 2.21. The number of nitrogens with one attached hydrogen (secondary N) is 2. The number of phenols is 1. The number of anilines is 1. The Bertz CT molecular complexity index is 402. The predicted molar refractivity (Wildman–Crippen MR) is 60.0 cm³/mol. The summed E-state index contributed by atoms with van der Waals surface area (Å²) in [5, 5.41) is 14.1. The fourth-order valence-corrected chi connectivity index (χ4v) is 1.09. The third kappa shape index (κ3) is 3.27. The number of carbonyl (C=O) groups excluding carboxylic acids is 2. The van der Waals surface area contributed by atoms with Gasteiger partial charge in [0, 0.05) is 6.04 Å². The summed E-state index contributed by atoms with van der Waals surface area (Å²) < 4.78 is 0. The summed E-state index contributed by atoms with van der Waals surface area (Å²) in [6.07, 6.45) is 0. The van der Waals surface area contributed by atoms with Crippen LogP contribution in [0, 0.1) is 0 Å². The minimum atomic E-state index is -0.796. The maximum absolute atomic E-state index is 11.4. The molecule has 86 valence electrons. The van der Waals surface area contributed by atoms with Gasteiger partial charge in [0.1, 0.15) is 5.75 Å². The molecule has 1 rings (SSSR count). The zero-order valence-corrected chi connectivity index (χ0v) is 9.15. The third-order valence-corrected chi connectivity index (χ3v) is 1.78. The Morgan fingerprint density at radius 3 is 2.38 bits per heavy atom. The topological polar surface area (TPSA) is 78.4 Å². The smallest absolute Gasteiger partial charge is 0.313 e. The third-order valence-electron chi connectivity index (χ3n) is 1.78. The summed E-state index contributed by atoms with van der Waals surface area (Å²) >= 11 is 0. The Kier molecular flexibility index (Phi) is 3.88. The SMILES string of the molecule is CC(C)NC(=O)C(=O)Nc1ccccc1O. The van der Waals surface area contributed by atoms with Gasteiger partial charge >= 0.3 is 11.8 Å². The van der Waals surface area contributed by atoms with Gasteiger partial charge in [-0.15, -0.1) is 0 Å². The van der Waals surface area contributed by atoms with Gasteiger partial charge in [0.15, 0.2) is 0 Å². The zero-order chi connectivity index (χ0) is 12.1. The zero-order valence-electron chi connectivity index (χ0n) is 9.15. The fourth-order valence-electron chi connectivity index (χ4n) is 1.09. The summed E-state index contributed by atoms with van der Waals surface area (Å²) in [5.41, 5.74) is 0.214. The molecule has 0 unspecified atom stereocenters. The van der Waals surface area contributed by atoms with Crippen molar-refractivity contribution in [3.63, 3.8) is 0 Å². The largest absolute Gasteiger partial charge is 0.506 e. The van der Waals surface area contributed by atoms with E-state index in [0.717, 1.165) is 0 Å². The lowest BCUT2D eigenvalue weighted by atomic mass is 10.3. The van der Waals surface area contributed by atoms with Crippen LogP contribution >= 0.6 is 0 Å². The van der Waals surface area contributed by atoms with Crippen LogP contribution in [0.15, 0.2) is 24.3 Å². The molecular formula is C11H14N2O3. The predicted octanol–water partition coefficient (Wildman–Crippen LogP) is 0.855. The van der Waals surface area contributed by atoms with Gasteiger partial charge in [-0.25, -0.2) is 0 Å². The molecule has 0 aliphatic rings. The van der Waals surface area contributed by atoms with Crippen molar-refractivity contribution in [2.75, 3.05) is 5.32 Å². The van der Waals surface area contributed by atoms with Crippen molar-refractivity contribution in [1.29, 1.82) is 0 Å². The van der Waals surface area contributed by atoms with E-state index in [4.69, 9.17) is 0 Å².